The number of benzene rings is 1. The van der Waals surface area contributed by atoms with Crippen LogP contribution in [0.25, 0.3) is 0 Å². The summed E-state index contributed by atoms with van der Waals surface area (Å²) in [4.78, 5) is 10.6. The minimum absolute atomic E-state index is 0.0587. The van der Waals surface area contributed by atoms with Crippen LogP contribution in [0.3, 0.4) is 0 Å². The molecule has 1 aliphatic carbocycles. The van der Waals surface area contributed by atoms with Crippen molar-refractivity contribution in [1.29, 1.82) is 0 Å². The maximum Gasteiger partial charge on any atom is 0.275 e. The fourth-order valence-corrected chi connectivity index (χ4v) is 3.58. The molecule has 2 atom stereocenters. The van der Waals surface area contributed by atoms with Crippen LogP contribution in [0.2, 0.25) is 0 Å². The Morgan fingerprint density at radius 1 is 1.35 bits per heavy atom. The van der Waals surface area contributed by atoms with Crippen molar-refractivity contribution in [1.82, 2.24) is 0 Å². The van der Waals surface area contributed by atoms with Gasteiger partial charge in [0.1, 0.15) is 5.75 Å². The second-order valence-electron chi connectivity index (χ2n) is 4.99. The van der Waals surface area contributed by atoms with Gasteiger partial charge in [0.25, 0.3) is 5.69 Å². The smallest absolute Gasteiger partial charge is 0.275 e. The van der Waals surface area contributed by atoms with Crippen LogP contribution in [0.5, 0.6) is 5.75 Å². The van der Waals surface area contributed by atoms with E-state index in [0.29, 0.717) is 17.0 Å². The Kier molecular flexibility index (Phi) is 5.11. The number of hydrogen-bond acceptors (Lipinski definition) is 5. The van der Waals surface area contributed by atoms with E-state index in [4.69, 9.17) is 4.74 Å². The quantitative estimate of drug-likeness (QED) is 0.663. The number of nitrogens with zero attached hydrogens (tertiary/aromatic N) is 1. The molecule has 0 aromatic heterocycles. The van der Waals surface area contributed by atoms with Crippen LogP contribution in [-0.2, 0) is 0 Å². The Labute approximate surface area is 123 Å². The number of hydrogen-bond donors (Lipinski definition) is 1. The van der Waals surface area contributed by atoms with Gasteiger partial charge >= 0.3 is 0 Å². The molecule has 1 aromatic rings. The van der Waals surface area contributed by atoms with E-state index < -0.39 is 0 Å². The highest BCUT2D eigenvalue weighted by Gasteiger charge is 2.24. The normalized spacial score (nSPS) is 22.3. The summed E-state index contributed by atoms with van der Waals surface area (Å²) in [5, 5.41) is 15.0. The number of rotatable bonds is 5. The van der Waals surface area contributed by atoms with E-state index in [2.05, 4.69) is 11.6 Å². The maximum absolute atomic E-state index is 11.0. The van der Waals surface area contributed by atoms with Crippen molar-refractivity contribution in [2.24, 2.45) is 0 Å². The molecule has 0 radical (unpaired) electrons. The van der Waals surface area contributed by atoms with Gasteiger partial charge in [-0.25, -0.2) is 0 Å². The minimum atomic E-state index is -0.388. The number of nitro benzene ring substituents is 1. The average molecular weight is 296 g/mol. The van der Waals surface area contributed by atoms with E-state index in [1.807, 2.05) is 17.8 Å². The number of non-ortho nitro benzene ring substituents is 1. The third-order valence-electron chi connectivity index (χ3n) is 3.70. The van der Waals surface area contributed by atoms with Crippen LogP contribution in [0.4, 0.5) is 11.4 Å². The van der Waals surface area contributed by atoms with E-state index in [1.54, 1.807) is 6.07 Å². The van der Waals surface area contributed by atoms with Gasteiger partial charge in [0.15, 0.2) is 0 Å². The zero-order valence-corrected chi connectivity index (χ0v) is 12.6. The fraction of sp³-hybridized carbons (Fsp3) is 0.571. The molecule has 1 fully saturated rings. The predicted molar refractivity (Wildman–Crippen MR) is 82.8 cm³/mol. The summed E-state index contributed by atoms with van der Waals surface area (Å²) in [5.74, 6) is 0.512. The average Bonchev–Trinajstić information content (AvgIpc) is 2.47. The van der Waals surface area contributed by atoms with Gasteiger partial charge in [-0.05, 0) is 19.1 Å². The van der Waals surface area contributed by atoms with Gasteiger partial charge in [0, 0.05) is 29.1 Å². The second kappa shape index (κ2) is 6.83. The lowest BCUT2D eigenvalue weighted by Crippen LogP contribution is -2.34. The largest absolute Gasteiger partial charge is 0.496 e. The molecule has 110 valence electrons. The highest BCUT2D eigenvalue weighted by atomic mass is 32.2. The standard InChI is InChI=1S/C14H20N2O3S/c1-19-12-8-10(7-11(9-12)16(17)18)15-13-5-3-4-6-14(13)20-2/h7-9,13-15H,3-6H2,1-2H3. The Bertz CT molecular complexity index is 481. The van der Waals surface area contributed by atoms with Crippen molar-refractivity contribution in [3.05, 3.63) is 28.3 Å². The van der Waals surface area contributed by atoms with Crippen molar-refractivity contribution >= 4 is 23.1 Å². The second-order valence-corrected chi connectivity index (χ2v) is 6.06. The van der Waals surface area contributed by atoms with Gasteiger partial charge in [0.2, 0.25) is 0 Å². The predicted octanol–water partition coefficient (Wildman–Crippen LogP) is 3.69. The molecule has 0 amide bonds. The summed E-state index contributed by atoms with van der Waals surface area (Å²) < 4.78 is 5.14. The molecular formula is C14H20N2O3S. The summed E-state index contributed by atoms with van der Waals surface area (Å²) in [6.07, 6.45) is 6.91. The number of ether oxygens (including phenoxy) is 1. The third kappa shape index (κ3) is 3.56. The van der Waals surface area contributed by atoms with Gasteiger partial charge in [-0.3, -0.25) is 10.1 Å². The lowest BCUT2D eigenvalue weighted by atomic mass is 9.94. The van der Waals surface area contributed by atoms with E-state index in [9.17, 15) is 10.1 Å². The fourth-order valence-electron chi connectivity index (χ4n) is 2.65. The molecule has 1 aromatic carbocycles. The molecule has 0 bridgehead atoms. The van der Waals surface area contributed by atoms with Crippen LogP contribution in [-0.4, -0.2) is 29.6 Å². The van der Waals surface area contributed by atoms with Gasteiger partial charge < -0.3 is 10.1 Å². The highest BCUT2D eigenvalue weighted by molar-refractivity contribution is 7.99. The van der Waals surface area contributed by atoms with Crippen LogP contribution < -0.4 is 10.1 Å². The number of thioether (sulfide) groups is 1. The third-order valence-corrected chi connectivity index (χ3v) is 4.86. The van der Waals surface area contributed by atoms with Crippen molar-refractivity contribution in [3.8, 4) is 5.75 Å². The lowest BCUT2D eigenvalue weighted by molar-refractivity contribution is -0.384. The SMILES string of the molecule is COc1cc(NC2CCCCC2SC)cc([N+](=O)[O-])c1. The maximum atomic E-state index is 11.0. The van der Waals surface area contributed by atoms with E-state index in [1.165, 1.54) is 32.4 Å². The Morgan fingerprint density at radius 2 is 2.10 bits per heavy atom. The molecular weight excluding hydrogens is 276 g/mol. The Balaban J connectivity index is 2.18. The summed E-state index contributed by atoms with van der Waals surface area (Å²) >= 11 is 1.87. The van der Waals surface area contributed by atoms with E-state index >= 15 is 0 Å². The molecule has 5 nitrogen and oxygen atoms in total. The molecule has 0 aliphatic heterocycles. The number of anilines is 1. The van der Waals surface area contributed by atoms with Crippen LogP contribution in [0, 0.1) is 10.1 Å². The number of methoxy groups -OCH3 is 1. The molecule has 6 heteroatoms. The van der Waals surface area contributed by atoms with E-state index in [0.717, 1.165) is 12.1 Å². The Morgan fingerprint density at radius 3 is 2.75 bits per heavy atom. The molecule has 1 N–H and O–H groups in total. The van der Waals surface area contributed by atoms with Crippen molar-refractivity contribution in [2.45, 2.75) is 37.0 Å². The monoisotopic (exact) mass is 296 g/mol. The molecule has 0 heterocycles. The summed E-state index contributed by atoms with van der Waals surface area (Å²) in [6, 6.07) is 5.21. The molecule has 0 saturated heterocycles. The number of nitrogens with one attached hydrogen (secondary N) is 1. The molecule has 1 saturated carbocycles. The first-order valence-electron chi connectivity index (χ1n) is 6.77. The number of nitro groups is 1. The zero-order valence-electron chi connectivity index (χ0n) is 11.8. The molecule has 1 aliphatic rings. The summed E-state index contributed by atoms with van der Waals surface area (Å²) in [5.41, 5.74) is 0.824. The molecule has 2 unspecified atom stereocenters. The molecule has 2 rings (SSSR count). The van der Waals surface area contributed by atoms with Crippen molar-refractivity contribution < 1.29 is 9.66 Å². The zero-order chi connectivity index (χ0) is 14.5. The highest BCUT2D eigenvalue weighted by Crippen LogP contribution is 2.32. The summed E-state index contributed by atoms with van der Waals surface area (Å²) in [7, 11) is 1.52. The van der Waals surface area contributed by atoms with Gasteiger partial charge in [-0.2, -0.15) is 11.8 Å². The Hall–Kier alpha value is -1.43. The first kappa shape index (κ1) is 15.0. The lowest BCUT2D eigenvalue weighted by Gasteiger charge is -2.31. The molecule has 0 spiro atoms. The van der Waals surface area contributed by atoms with Gasteiger partial charge in [-0.1, -0.05) is 12.8 Å². The van der Waals surface area contributed by atoms with E-state index in [-0.39, 0.29) is 10.6 Å². The molecule has 20 heavy (non-hydrogen) atoms. The topological polar surface area (TPSA) is 64.4 Å². The van der Waals surface area contributed by atoms with Crippen molar-refractivity contribution in [2.75, 3.05) is 18.7 Å². The van der Waals surface area contributed by atoms with Gasteiger partial charge in [-0.15, -0.1) is 0 Å². The van der Waals surface area contributed by atoms with Crippen molar-refractivity contribution in [3.63, 3.8) is 0 Å². The van der Waals surface area contributed by atoms with Crippen LogP contribution in [0.1, 0.15) is 25.7 Å². The summed E-state index contributed by atoms with van der Waals surface area (Å²) in [6.45, 7) is 0. The first-order valence-corrected chi connectivity index (χ1v) is 8.05. The van der Waals surface area contributed by atoms with Crippen LogP contribution >= 0.6 is 11.8 Å². The van der Waals surface area contributed by atoms with Gasteiger partial charge in [0.05, 0.1) is 18.1 Å². The first-order chi connectivity index (χ1) is 9.63. The van der Waals surface area contributed by atoms with Crippen LogP contribution in [0.15, 0.2) is 18.2 Å². The minimum Gasteiger partial charge on any atom is -0.496 e.